The molecule has 2 atom stereocenters. The van der Waals surface area contributed by atoms with Crippen molar-refractivity contribution in [3.63, 3.8) is 0 Å². The Kier molecular flexibility index (Phi) is 6.51. The maximum absolute atomic E-state index is 4.62. The Bertz CT molecular complexity index is 730. The summed E-state index contributed by atoms with van der Waals surface area (Å²) in [5.74, 6) is 0. The van der Waals surface area contributed by atoms with Crippen LogP contribution in [0, 0.1) is 0 Å². The summed E-state index contributed by atoms with van der Waals surface area (Å²) in [5, 5.41) is 11.0. The molecule has 1 aromatic heterocycles. The van der Waals surface area contributed by atoms with Gasteiger partial charge in [-0.3, -0.25) is 4.98 Å². The summed E-state index contributed by atoms with van der Waals surface area (Å²) in [5.41, 5.74) is 5.68. The van der Waals surface area contributed by atoms with Crippen molar-refractivity contribution in [3.05, 3.63) is 65.0 Å². The first kappa shape index (κ1) is 18.6. The summed E-state index contributed by atoms with van der Waals surface area (Å²) in [6.07, 6.45) is 9.18. The lowest BCUT2D eigenvalue weighted by Gasteiger charge is -2.26. The summed E-state index contributed by atoms with van der Waals surface area (Å²) in [6.45, 7) is 4.24. The van der Waals surface area contributed by atoms with E-state index in [9.17, 15) is 0 Å². The molecule has 1 aliphatic heterocycles. The van der Waals surface area contributed by atoms with Crippen molar-refractivity contribution in [2.75, 3.05) is 19.6 Å². The Morgan fingerprint density at radius 2 is 1.85 bits per heavy atom. The van der Waals surface area contributed by atoms with E-state index in [1.165, 1.54) is 54.5 Å². The van der Waals surface area contributed by atoms with Gasteiger partial charge in [0, 0.05) is 31.4 Å². The second-order valence-electron chi connectivity index (χ2n) is 7.91. The highest BCUT2D eigenvalue weighted by Gasteiger charge is 2.20. The first-order valence-corrected chi connectivity index (χ1v) is 10.6. The van der Waals surface area contributed by atoms with Crippen LogP contribution in [0.1, 0.15) is 54.1 Å². The molecule has 144 valence electrons. The van der Waals surface area contributed by atoms with Crippen LogP contribution >= 0.6 is 0 Å². The minimum atomic E-state index is 0.453. The molecule has 4 nitrogen and oxygen atoms in total. The zero-order valence-electron chi connectivity index (χ0n) is 16.2. The van der Waals surface area contributed by atoms with Gasteiger partial charge in [-0.05, 0) is 74.4 Å². The largest absolute Gasteiger partial charge is 0.315 e. The first-order valence-electron chi connectivity index (χ1n) is 10.6. The fraction of sp³-hybridized carbons (Fsp3) is 0.522. The predicted molar refractivity (Wildman–Crippen MR) is 111 cm³/mol. The normalized spacial score (nSPS) is 21.5. The summed E-state index contributed by atoms with van der Waals surface area (Å²) in [6, 6.07) is 14.1. The minimum absolute atomic E-state index is 0.453. The van der Waals surface area contributed by atoms with E-state index in [2.05, 4.69) is 57.3 Å². The van der Waals surface area contributed by atoms with Crippen LogP contribution in [0.15, 0.2) is 42.6 Å². The lowest BCUT2D eigenvalue weighted by molar-refractivity contribution is 0.428. The molecule has 2 aliphatic rings. The van der Waals surface area contributed by atoms with Crippen molar-refractivity contribution in [3.8, 4) is 0 Å². The number of unbranched alkanes of at least 4 members (excludes halogenated alkanes) is 1. The average molecular weight is 365 g/mol. The number of nitrogens with zero attached hydrogens (tertiary/aromatic N) is 1. The third-order valence-corrected chi connectivity index (χ3v) is 5.92. The Morgan fingerprint density at radius 1 is 1.00 bits per heavy atom. The van der Waals surface area contributed by atoms with Crippen LogP contribution in [0.5, 0.6) is 0 Å². The summed E-state index contributed by atoms with van der Waals surface area (Å²) < 4.78 is 0. The van der Waals surface area contributed by atoms with Crippen molar-refractivity contribution in [1.82, 2.24) is 20.9 Å². The molecule has 2 heterocycles. The first-order chi connectivity index (χ1) is 13.4. The quantitative estimate of drug-likeness (QED) is 0.630. The fourth-order valence-electron chi connectivity index (χ4n) is 4.40. The predicted octanol–water partition coefficient (Wildman–Crippen LogP) is 3.13. The molecule has 0 amide bonds. The summed E-state index contributed by atoms with van der Waals surface area (Å²) in [4.78, 5) is 4.62. The van der Waals surface area contributed by atoms with E-state index < -0.39 is 0 Å². The maximum atomic E-state index is 4.62. The van der Waals surface area contributed by atoms with Gasteiger partial charge in [-0.15, -0.1) is 0 Å². The number of hydrogen-bond acceptors (Lipinski definition) is 4. The number of nitrogens with one attached hydrogen (secondary N) is 3. The number of benzene rings is 1. The van der Waals surface area contributed by atoms with Gasteiger partial charge in [-0.2, -0.15) is 0 Å². The molecule has 2 aromatic rings. The molecule has 0 bridgehead atoms. The van der Waals surface area contributed by atoms with E-state index in [-0.39, 0.29) is 0 Å². The third-order valence-electron chi connectivity index (χ3n) is 5.92. The molecule has 0 saturated heterocycles. The fourth-order valence-corrected chi connectivity index (χ4v) is 4.40. The molecule has 0 unspecified atom stereocenters. The zero-order valence-corrected chi connectivity index (χ0v) is 16.2. The number of fused-ring (bicyclic) bond motifs is 2. The van der Waals surface area contributed by atoms with Crippen molar-refractivity contribution in [2.24, 2.45) is 0 Å². The Labute approximate surface area is 163 Å². The Balaban J connectivity index is 1.10. The highest BCUT2D eigenvalue weighted by molar-refractivity contribution is 5.30. The van der Waals surface area contributed by atoms with Gasteiger partial charge in [0.15, 0.2) is 0 Å². The number of pyridine rings is 1. The molecule has 0 spiro atoms. The number of rotatable bonds is 8. The van der Waals surface area contributed by atoms with Gasteiger partial charge in [0.2, 0.25) is 0 Å². The van der Waals surface area contributed by atoms with E-state index in [0.29, 0.717) is 12.1 Å². The van der Waals surface area contributed by atoms with Crippen LogP contribution in [-0.4, -0.2) is 30.7 Å². The van der Waals surface area contributed by atoms with Crippen molar-refractivity contribution in [2.45, 2.75) is 57.2 Å². The monoisotopic (exact) mass is 364 g/mol. The molecule has 1 aromatic carbocycles. The van der Waals surface area contributed by atoms with Gasteiger partial charge in [0.25, 0.3) is 0 Å². The highest BCUT2D eigenvalue weighted by Crippen LogP contribution is 2.27. The lowest BCUT2D eigenvalue weighted by atomic mass is 9.92. The van der Waals surface area contributed by atoms with Crippen molar-refractivity contribution >= 4 is 0 Å². The molecule has 0 radical (unpaired) electrons. The standard InChI is InChI=1S/C23H32N4/c1-2-8-20-16-27-21(15-19(20)7-1)17-24-12-3-4-13-25-22-11-5-9-18-10-6-14-26-23(18)22/h1-2,6-8,10,14,21-22,24-25,27H,3-5,9,11-13,15-17H2/t21-,22+/m1/s1. The van der Waals surface area contributed by atoms with E-state index in [1.54, 1.807) is 0 Å². The molecular formula is C23H32N4. The van der Waals surface area contributed by atoms with Gasteiger partial charge < -0.3 is 16.0 Å². The van der Waals surface area contributed by atoms with E-state index in [4.69, 9.17) is 0 Å². The smallest absolute Gasteiger partial charge is 0.0605 e. The number of hydrogen-bond donors (Lipinski definition) is 3. The molecule has 27 heavy (non-hydrogen) atoms. The van der Waals surface area contributed by atoms with Crippen LogP contribution in [0.3, 0.4) is 0 Å². The molecule has 3 N–H and O–H groups in total. The molecule has 4 heteroatoms. The van der Waals surface area contributed by atoms with Crippen LogP contribution in [0.4, 0.5) is 0 Å². The topological polar surface area (TPSA) is 49.0 Å². The van der Waals surface area contributed by atoms with Gasteiger partial charge in [0.1, 0.15) is 0 Å². The molecule has 4 rings (SSSR count). The van der Waals surface area contributed by atoms with Crippen LogP contribution in [-0.2, 0) is 19.4 Å². The average Bonchev–Trinajstić information content (AvgIpc) is 2.73. The highest BCUT2D eigenvalue weighted by atomic mass is 15.0. The minimum Gasteiger partial charge on any atom is -0.315 e. The van der Waals surface area contributed by atoms with Gasteiger partial charge in [0.05, 0.1) is 5.69 Å². The number of aryl methyl sites for hydroxylation is 1. The third kappa shape index (κ3) is 4.95. The van der Waals surface area contributed by atoms with Crippen LogP contribution < -0.4 is 16.0 Å². The SMILES string of the molecule is c1ccc2c(c1)CN[C@@H](CNCCCCN[C@H]1CCCc3cccnc31)C2. The van der Waals surface area contributed by atoms with E-state index >= 15 is 0 Å². The molecular weight excluding hydrogens is 332 g/mol. The second-order valence-corrected chi connectivity index (χ2v) is 7.91. The van der Waals surface area contributed by atoms with Gasteiger partial charge in [-0.1, -0.05) is 30.3 Å². The van der Waals surface area contributed by atoms with Crippen molar-refractivity contribution < 1.29 is 0 Å². The maximum Gasteiger partial charge on any atom is 0.0605 e. The Hall–Kier alpha value is -1.75. The van der Waals surface area contributed by atoms with Crippen LogP contribution in [0.25, 0.3) is 0 Å². The second kappa shape index (κ2) is 9.45. The van der Waals surface area contributed by atoms with E-state index in [1.807, 2.05) is 6.20 Å². The molecule has 1 aliphatic carbocycles. The molecule has 0 fully saturated rings. The summed E-state index contributed by atoms with van der Waals surface area (Å²) >= 11 is 0. The van der Waals surface area contributed by atoms with E-state index in [0.717, 1.165) is 32.6 Å². The molecule has 0 saturated carbocycles. The van der Waals surface area contributed by atoms with Crippen LogP contribution in [0.2, 0.25) is 0 Å². The summed E-state index contributed by atoms with van der Waals surface area (Å²) in [7, 11) is 0. The Morgan fingerprint density at radius 3 is 2.81 bits per heavy atom. The zero-order chi connectivity index (χ0) is 18.3. The van der Waals surface area contributed by atoms with Gasteiger partial charge in [-0.25, -0.2) is 0 Å². The van der Waals surface area contributed by atoms with Gasteiger partial charge >= 0.3 is 0 Å². The van der Waals surface area contributed by atoms with Crippen molar-refractivity contribution in [1.29, 1.82) is 0 Å². The lowest BCUT2D eigenvalue weighted by Crippen LogP contribution is -2.43. The number of aromatic nitrogens is 1.